The second-order valence-electron chi connectivity index (χ2n) is 7.02. The molecule has 6 heteroatoms. The lowest BCUT2D eigenvalue weighted by Gasteiger charge is -2.32. The maximum Gasteiger partial charge on any atom is 0.161 e. The summed E-state index contributed by atoms with van der Waals surface area (Å²) in [7, 11) is 3.81. The molecule has 0 radical (unpaired) electrons. The fraction of sp³-hybridized carbons (Fsp3) is 0.700. The molecule has 1 fully saturated rings. The molecule has 0 saturated carbocycles. The standard InChI is InChI=1S/C20H35N3O3/c1-5-22(6-2)15-18(24)16-26-20-13-17(7-8-19(20)25-4)14-23-11-9-21(3)10-12-23/h7-8,13,18,24H,5-6,9-12,14-16H2,1-4H3. The zero-order valence-corrected chi connectivity index (χ0v) is 16.8. The van der Waals surface area contributed by atoms with E-state index in [2.05, 4.69) is 41.7 Å². The third kappa shape index (κ3) is 6.43. The van der Waals surface area contributed by atoms with Crippen molar-refractivity contribution in [3.05, 3.63) is 23.8 Å². The zero-order chi connectivity index (χ0) is 18.9. The minimum atomic E-state index is -0.513. The van der Waals surface area contributed by atoms with Gasteiger partial charge in [0, 0.05) is 39.3 Å². The minimum Gasteiger partial charge on any atom is -0.493 e. The molecule has 0 aromatic heterocycles. The summed E-state index contributed by atoms with van der Waals surface area (Å²) in [5.74, 6) is 1.42. The number of likely N-dealkylation sites (N-methyl/N-ethyl adjacent to an activating group) is 2. The number of hydrogen-bond donors (Lipinski definition) is 1. The summed E-state index contributed by atoms with van der Waals surface area (Å²) in [6.07, 6.45) is -0.513. The molecule has 0 amide bonds. The molecule has 26 heavy (non-hydrogen) atoms. The second-order valence-corrected chi connectivity index (χ2v) is 7.02. The highest BCUT2D eigenvalue weighted by molar-refractivity contribution is 5.43. The molecule has 0 aliphatic carbocycles. The van der Waals surface area contributed by atoms with Crippen molar-refractivity contribution in [3.8, 4) is 11.5 Å². The Balaban J connectivity index is 1.93. The number of rotatable bonds is 10. The van der Waals surface area contributed by atoms with Gasteiger partial charge >= 0.3 is 0 Å². The van der Waals surface area contributed by atoms with Gasteiger partial charge in [-0.15, -0.1) is 0 Å². The Morgan fingerprint density at radius 1 is 1.12 bits per heavy atom. The van der Waals surface area contributed by atoms with Gasteiger partial charge < -0.3 is 24.4 Å². The van der Waals surface area contributed by atoms with E-state index in [0.717, 1.165) is 45.8 Å². The predicted octanol–water partition coefficient (Wildman–Crippen LogP) is 1.52. The maximum atomic E-state index is 10.2. The van der Waals surface area contributed by atoms with Crippen LogP contribution in [0.3, 0.4) is 0 Å². The van der Waals surface area contributed by atoms with E-state index in [1.165, 1.54) is 5.56 Å². The van der Waals surface area contributed by atoms with Crippen molar-refractivity contribution in [2.45, 2.75) is 26.5 Å². The van der Waals surface area contributed by atoms with Crippen molar-refractivity contribution >= 4 is 0 Å². The molecule has 0 spiro atoms. The minimum absolute atomic E-state index is 0.269. The topological polar surface area (TPSA) is 48.4 Å². The Hall–Kier alpha value is -1.34. The molecule has 6 nitrogen and oxygen atoms in total. The quantitative estimate of drug-likeness (QED) is 0.679. The van der Waals surface area contributed by atoms with E-state index in [9.17, 15) is 5.11 Å². The van der Waals surface area contributed by atoms with Gasteiger partial charge in [0.15, 0.2) is 11.5 Å². The van der Waals surface area contributed by atoms with Gasteiger partial charge in [-0.05, 0) is 37.8 Å². The predicted molar refractivity (Wildman–Crippen MR) is 105 cm³/mol. The summed E-state index contributed by atoms with van der Waals surface area (Å²) < 4.78 is 11.3. The molecular weight excluding hydrogens is 330 g/mol. The van der Waals surface area contributed by atoms with Crippen molar-refractivity contribution in [2.75, 3.05) is 66.6 Å². The van der Waals surface area contributed by atoms with Crippen molar-refractivity contribution < 1.29 is 14.6 Å². The highest BCUT2D eigenvalue weighted by atomic mass is 16.5. The lowest BCUT2D eigenvalue weighted by Crippen LogP contribution is -2.43. The van der Waals surface area contributed by atoms with Crippen molar-refractivity contribution in [1.29, 1.82) is 0 Å². The van der Waals surface area contributed by atoms with Crippen LogP contribution in [0.4, 0.5) is 0 Å². The number of ether oxygens (including phenoxy) is 2. The Kier molecular flexibility index (Phi) is 8.65. The van der Waals surface area contributed by atoms with E-state index in [4.69, 9.17) is 9.47 Å². The van der Waals surface area contributed by atoms with Crippen LogP contribution in [0.2, 0.25) is 0 Å². The summed E-state index contributed by atoms with van der Waals surface area (Å²) in [4.78, 5) is 7.01. The molecule has 2 rings (SSSR count). The second kappa shape index (κ2) is 10.7. The number of aliphatic hydroxyl groups is 1. The Labute approximate surface area is 158 Å². The largest absolute Gasteiger partial charge is 0.493 e. The van der Waals surface area contributed by atoms with Gasteiger partial charge in [-0.2, -0.15) is 0 Å². The first-order chi connectivity index (χ1) is 12.5. The van der Waals surface area contributed by atoms with Crippen molar-refractivity contribution in [3.63, 3.8) is 0 Å². The lowest BCUT2D eigenvalue weighted by molar-refractivity contribution is 0.0705. The summed E-state index contributed by atoms with van der Waals surface area (Å²) in [6.45, 7) is 12.2. The number of piperazine rings is 1. The molecule has 0 bridgehead atoms. The van der Waals surface area contributed by atoms with Crippen LogP contribution in [0.25, 0.3) is 0 Å². The average molecular weight is 366 g/mol. The number of hydrogen-bond acceptors (Lipinski definition) is 6. The first-order valence-corrected chi connectivity index (χ1v) is 9.66. The first kappa shape index (κ1) is 21.0. The van der Waals surface area contributed by atoms with E-state index >= 15 is 0 Å². The summed E-state index contributed by atoms with van der Waals surface area (Å²) in [6, 6.07) is 6.09. The van der Waals surface area contributed by atoms with Crippen LogP contribution in [0.1, 0.15) is 19.4 Å². The Morgan fingerprint density at radius 3 is 2.42 bits per heavy atom. The smallest absolute Gasteiger partial charge is 0.161 e. The molecule has 1 atom stereocenters. The fourth-order valence-corrected chi connectivity index (χ4v) is 3.21. The number of nitrogens with zero attached hydrogens (tertiary/aromatic N) is 3. The highest BCUT2D eigenvalue weighted by Crippen LogP contribution is 2.29. The fourth-order valence-electron chi connectivity index (χ4n) is 3.21. The van der Waals surface area contributed by atoms with Gasteiger partial charge in [0.05, 0.1) is 7.11 Å². The van der Waals surface area contributed by atoms with E-state index in [-0.39, 0.29) is 6.61 Å². The first-order valence-electron chi connectivity index (χ1n) is 9.66. The molecule has 1 heterocycles. The van der Waals surface area contributed by atoms with Crippen molar-refractivity contribution in [1.82, 2.24) is 14.7 Å². The third-order valence-corrected chi connectivity index (χ3v) is 5.02. The van der Waals surface area contributed by atoms with Gasteiger partial charge in [-0.3, -0.25) is 4.90 Å². The SMILES string of the molecule is CCN(CC)CC(O)COc1cc(CN2CCN(C)CC2)ccc1OC. The summed E-state index contributed by atoms with van der Waals surface area (Å²) >= 11 is 0. The van der Waals surface area contributed by atoms with Gasteiger partial charge in [0.25, 0.3) is 0 Å². The Bertz CT molecular complexity index is 529. The van der Waals surface area contributed by atoms with Crippen LogP contribution in [0.5, 0.6) is 11.5 Å². The van der Waals surface area contributed by atoms with Crippen LogP contribution >= 0.6 is 0 Å². The summed E-state index contributed by atoms with van der Waals surface area (Å²) in [5, 5.41) is 10.2. The van der Waals surface area contributed by atoms with Gasteiger partial charge in [0.1, 0.15) is 12.7 Å². The highest BCUT2D eigenvalue weighted by Gasteiger charge is 2.16. The van der Waals surface area contributed by atoms with Gasteiger partial charge in [-0.25, -0.2) is 0 Å². The summed E-state index contributed by atoms with van der Waals surface area (Å²) in [5.41, 5.74) is 1.21. The average Bonchev–Trinajstić information content (AvgIpc) is 2.66. The van der Waals surface area contributed by atoms with Crippen LogP contribution in [-0.4, -0.2) is 92.5 Å². The molecule has 1 unspecified atom stereocenters. The van der Waals surface area contributed by atoms with Crippen LogP contribution < -0.4 is 9.47 Å². The number of methoxy groups -OCH3 is 1. The Morgan fingerprint density at radius 2 is 1.81 bits per heavy atom. The lowest BCUT2D eigenvalue weighted by atomic mass is 10.1. The van der Waals surface area contributed by atoms with E-state index in [1.54, 1.807) is 7.11 Å². The van der Waals surface area contributed by atoms with Crippen LogP contribution in [0, 0.1) is 0 Å². The molecule has 1 aromatic carbocycles. The molecular formula is C20H35N3O3. The van der Waals surface area contributed by atoms with E-state index < -0.39 is 6.10 Å². The molecule has 1 aliphatic rings. The third-order valence-electron chi connectivity index (χ3n) is 5.02. The maximum absolute atomic E-state index is 10.2. The molecule has 148 valence electrons. The number of benzene rings is 1. The van der Waals surface area contributed by atoms with E-state index in [1.807, 2.05) is 12.1 Å². The van der Waals surface area contributed by atoms with E-state index in [0.29, 0.717) is 18.0 Å². The zero-order valence-electron chi connectivity index (χ0n) is 16.8. The van der Waals surface area contributed by atoms with Crippen LogP contribution in [-0.2, 0) is 6.54 Å². The molecule has 1 N–H and O–H groups in total. The molecule has 1 aromatic rings. The van der Waals surface area contributed by atoms with Gasteiger partial charge in [-0.1, -0.05) is 19.9 Å². The van der Waals surface area contributed by atoms with Gasteiger partial charge in [0.2, 0.25) is 0 Å². The normalized spacial score (nSPS) is 17.5. The number of aliphatic hydroxyl groups excluding tert-OH is 1. The van der Waals surface area contributed by atoms with Crippen LogP contribution in [0.15, 0.2) is 18.2 Å². The molecule has 1 aliphatic heterocycles. The monoisotopic (exact) mass is 365 g/mol. The molecule has 1 saturated heterocycles. The van der Waals surface area contributed by atoms with Crippen molar-refractivity contribution in [2.24, 2.45) is 0 Å².